The van der Waals surface area contributed by atoms with Crippen molar-refractivity contribution in [3.8, 4) is 84.8 Å². The third-order valence-electron chi connectivity index (χ3n) is 16.8. The Morgan fingerprint density at radius 3 is 1.02 bits per heavy atom. The van der Waals surface area contributed by atoms with E-state index in [1.165, 1.54) is 78.7 Å². The summed E-state index contributed by atoms with van der Waals surface area (Å²) in [5.41, 5.74) is 10.0. The van der Waals surface area contributed by atoms with Crippen molar-refractivity contribution in [2.45, 2.75) is 112 Å². The van der Waals surface area contributed by atoms with Crippen LogP contribution >= 0.6 is 0 Å². The Labute approximate surface area is 744 Å². The molecule has 0 fully saturated rings. The smallest absolute Gasteiger partial charge is 0.497 e. The number of alkyl halides is 9. The van der Waals surface area contributed by atoms with E-state index in [0.717, 1.165) is 40.1 Å². The number of carbonyl (C=O) groups is 7. The van der Waals surface area contributed by atoms with Gasteiger partial charge in [0.25, 0.3) is 5.91 Å². The molecule has 0 spiro atoms. The Kier molecular flexibility index (Phi) is 38.9. The average Bonchev–Trinajstić information content (AvgIpc) is 0.832. The van der Waals surface area contributed by atoms with Crippen LogP contribution in [0.1, 0.15) is 147 Å². The topological polar surface area (TPSA) is 292 Å². The molecule has 0 radical (unpaired) electrons. The van der Waals surface area contributed by atoms with Crippen LogP contribution in [-0.4, -0.2) is 162 Å². The normalized spacial score (nSPS) is 10.9. The van der Waals surface area contributed by atoms with E-state index in [-0.39, 0.29) is 76.3 Å². The molecular weight excluding hydrogens is 1710 g/mol. The molecule has 0 saturated heterocycles. The van der Waals surface area contributed by atoms with Crippen LogP contribution < -0.4 is 14.2 Å². The fourth-order valence-electron chi connectivity index (χ4n) is 11.0. The molecule has 0 atom stereocenters. The van der Waals surface area contributed by atoms with Crippen molar-refractivity contribution >= 4 is 41.7 Å². The minimum Gasteiger partial charge on any atom is -0.497 e. The van der Waals surface area contributed by atoms with Gasteiger partial charge in [-0.3, -0.25) is 4.79 Å². The third-order valence-corrected chi connectivity index (χ3v) is 16.8. The molecule has 1 amide bonds. The SMILES string of the molecule is CC(C)OC(=O)c1cccc(-c2ccc(C(=O)N(C)C)cc2)n1.CC(C)OC(=O)c1cccc(-c2ccc(C(F)(F)F)cc2)n1.CC(C)OC(=O)c1cccc(-c2ccc(OC(F)(F)F)cc2)n1.CC(C)OC(=O)c1cccc(-c2ccc(OCC(F)(F)F)cc2)n1.CCOC(=O)c1cccc(-c2ccccc2)n1.COCc1ccc(-c2cc(OC)cc(C(=O)OC)n2)cc1. The van der Waals surface area contributed by atoms with Crippen molar-refractivity contribution in [3.05, 3.63) is 306 Å². The van der Waals surface area contributed by atoms with E-state index in [4.69, 9.17) is 37.9 Å². The highest BCUT2D eigenvalue weighted by Gasteiger charge is 2.32. The van der Waals surface area contributed by atoms with E-state index in [1.54, 1.807) is 182 Å². The van der Waals surface area contributed by atoms with Gasteiger partial charge >= 0.3 is 54.5 Å². The highest BCUT2D eigenvalue weighted by atomic mass is 19.4. The van der Waals surface area contributed by atoms with Crippen molar-refractivity contribution in [1.82, 2.24) is 34.8 Å². The summed E-state index contributed by atoms with van der Waals surface area (Å²) in [6, 6.07) is 68.7. The quantitative estimate of drug-likeness (QED) is 0.0308. The number of esters is 6. The number of hydrogen-bond donors (Lipinski definition) is 0. The molecule has 12 aromatic rings. The van der Waals surface area contributed by atoms with Crippen molar-refractivity contribution < 1.29 is 120 Å². The average molecular weight is 1800 g/mol. The molecule has 12 rings (SSSR count). The van der Waals surface area contributed by atoms with Gasteiger partial charge in [0.2, 0.25) is 0 Å². The monoisotopic (exact) mass is 1800 g/mol. The van der Waals surface area contributed by atoms with Crippen LogP contribution in [0.25, 0.3) is 67.5 Å². The lowest BCUT2D eigenvalue weighted by atomic mass is 10.1. The Morgan fingerprint density at radius 1 is 0.354 bits per heavy atom. The van der Waals surface area contributed by atoms with Crippen molar-refractivity contribution in [2.75, 3.05) is 48.6 Å². The molecule has 0 aliphatic rings. The molecule has 0 saturated carbocycles. The lowest BCUT2D eigenvalue weighted by Crippen LogP contribution is -2.21. The maximum absolute atomic E-state index is 12.5. The van der Waals surface area contributed by atoms with Gasteiger partial charge < -0.3 is 52.3 Å². The van der Waals surface area contributed by atoms with E-state index >= 15 is 0 Å². The van der Waals surface area contributed by atoms with Crippen LogP contribution in [0.4, 0.5) is 39.5 Å². The number of hydrogen-bond acceptors (Lipinski definition) is 23. The number of carbonyl (C=O) groups excluding carboxylic acids is 7. The third kappa shape index (κ3) is 34.2. The highest BCUT2D eigenvalue weighted by molar-refractivity contribution is 5.95. The lowest BCUT2D eigenvalue weighted by Gasteiger charge is -2.11. The van der Waals surface area contributed by atoms with Crippen LogP contribution in [0, 0.1) is 0 Å². The van der Waals surface area contributed by atoms with Crippen LogP contribution in [-0.2, 0) is 45.9 Å². The summed E-state index contributed by atoms with van der Waals surface area (Å²) in [5, 5.41) is 0. The predicted octanol–water partition coefficient (Wildman–Crippen LogP) is 21.4. The first-order valence-electron chi connectivity index (χ1n) is 39.9. The largest absolute Gasteiger partial charge is 0.573 e. The van der Waals surface area contributed by atoms with Gasteiger partial charge in [0.05, 0.1) is 91.6 Å². The van der Waals surface area contributed by atoms with Crippen molar-refractivity contribution in [3.63, 3.8) is 0 Å². The van der Waals surface area contributed by atoms with E-state index in [2.05, 4.69) is 39.4 Å². The highest BCUT2D eigenvalue weighted by Crippen LogP contribution is 2.33. The zero-order chi connectivity index (χ0) is 95.4. The maximum atomic E-state index is 12.5. The van der Waals surface area contributed by atoms with Gasteiger partial charge in [-0.1, -0.05) is 109 Å². The van der Waals surface area contributed by atoms with E-state index in [1.807, 2.05) is 84.9 Å². The number of rotatable bonds is 24. The summed E-state index contributed by atoms with van der Waals surface area (Å²) in [6.07, 6.45) is -14.5. The predicted molar refractivity (Wildman–Crippen MR) is 466 cm³/mol. The zero-order valence-corrected chi connectivity index (χ0v) is 73.2. The molecule has 0 N–H and O–H groups in total. The molecule has 0 aliphatic heterocycles. The number of amides is 1. The number of pyridine rings is 6. The first-order chi connectivity index (χ1) is 61.6. The summed E-state index contributed by atoms with van der Waals surface area (Å²) in [5.74, 6) is -2.69. The fourth-order valence-corrected chi connectivity index (χ4v) is 11.0. The van der Waals surface area contributed by atoms with Crippen LogP contribution in [0.3, 0.4) is 0 Å². The minimum atomic E-state index is -4.74. The van der Waals surface area contributed by atoms with Crippen LogP contribution in [0.2, 0.25) is 0 Å². The number of ether oxygens (including phenoxy) is 10. The second-order valence-electron chi connectivity index (χ2n) is 28.7. The standard InChI is InChI=1S/C18H20N2O3.C17H16F3NO3.C16H14F3NO3.C16H14F3NO2.C16H17NO4.C14H13NO2/c1-12(2)23-18(22)16-7-5-6-15(19-16)13-8-10-14(11-9-13)17(21)20(3)4;1-11(2)24-16(22)15-5-3-4-14(21-15)12-6-8-13(9-7-12)23-10-17(18,19)20;1-10(2)22-15(21)14-5-3-4-13(20-14)11-6-8-12(9-7-11)23-16(17,18)19;1-10(2)22-15(21)14-5-3-4-13(20-14)11-6-8-12(9-7-11)16(17,18)19;1-19-10-11-4-6-12(7-5-11)14-8-13(20-2)9-15(17-14)16(18)21-3;1-2-17-14(16)13-10-6-9-12(15-13)11-7-4-3-5-8-11/h5-12H,1-4H3;3-9,11H,10H2,1-2H3;3-10H,1-2H3;3-10H,1-2H3;4-9H,10H2,1-3H3;3-10H,2H2,1H3. The molecule has 0 bridgehead atoms. The second kappa shape index (κ2) is 49.4. The first kappa shape index (κ1) is 102. The zero-order valence-electron chi connectivity index (χ0n) is 73.2. The van der Waals surface area contributed by atoms with Gasteiger partial charge in [-0.25, -0.2) is 58.7 Å². The summed E-state index contributed by atoms with van der Waals surface area (Å²) < 4.78 is 159. The van der Waals surface area contributed by atoms with Gasteiger partial charge in [-0.05, 0) is 201 Å². The molecule has 0 aliphatic carbocycles. The Bertz CT molecular complexity index is 5690. The van der Waals surface area contributed by atoms with Crippen LogP contribution in [0.15, 0.2) is 255 Å². The number of methoxy groups -OCH3 is 3. The van der Waals surface area contributed by atoms with Crippen LogP contribution in [0.5, 0.6) is 17.2 Å². The summed E-state index contributed by atoms with van der Waals surface area (Å²) >= 11 is 0. The van der Waals surface area contributed by atoms with Crippen molar-refractivity contribution in [2.24, 2.45) is 0 Å². The molecule has 0 unspecified atom stereocenters. The molecular formula is C97H94F9N7O17. The van der Waals surface area contributed by atoms with Gasteiger partial charge in [-0.15, -0.1) is 13.2 Å². The minimum absolute atomic E-state index is 0.0567. The molecule has 6 heterocycles. The number of nitrogens with zero attached hydrogens (tertiary/aromatic N) is 7. The van der Waals surface area contributed by atoms with E-state index in [0.29, 0.717) is 75.4 Å². The lowest BCUT2D eigenvalue weighted by molar-refractivity contribution is -0.274. The van der Waals surface area contributed by atoms with Crippen molar-refractivity contribution in [1.29, 1.82) is 0 Å². The Morgan fingerprint density at radius 2 is 0.692 bits per heavy atom. The van der Waals surface area contributed by atoms with Gasteiger partial charge in [0.1, 0.15) is 45.7 Å². The molecule has 6 aromatic heterocycles. The Balaban J connectivity index is 0.000000214. The number of aromatic nitrogens is 6. The van der Waals surface area contributed by atoms with E-state index in [9.17, 15) is 73.1 Å². The molecule has 33 heteroatoms. The molecule has 130 heavy (non-hydrogen) atoms. The van der Waals surface area contributed by atoms with Gasteiger partial charge in [-0.2, -0.15) is 26.3 Å². The van der Waals surface area contributed by atoms with Gasteiger partial charge in [0, 0.05) is 72.3 Å². The molecule has 6 aromatic carbocycles. The fraction of sp³-hybridized carbons (Fsp3) is 0.247. The molecule has 682 valence electrons. The van der Waals surface area contributed by atoms with Gasteiger partial charge in [0.15, 0.2) is 12.3 Å². The Hall–Kier alpha value is -14.8. The second-order valence-corrected chi connectivity index (χ2v) is 28.7. The first-order valence-corrected chi connectivity index (χ1v) is 39.9. The number of benzene rings is 6. The summed E-state index contributed by atoms with van der Waals surface area (Å²) in [4.78, 5) is 109. The maximum Gasteiger partial charge on any atom is 0.573 e. The number of halogens is 9. The molecule has 24 nitrogen and oxygen atoms in total. The van der Waals surface area contributed by atoms with E-state index < -0.39 is 60.7 Å². The summed E-state index contributed by atoms with van der Waals surface area (Å²) in [7, 11) is 7.94. The summed E-state index contributed by atoms with van der Waals surface area (Å²) in [6.45, 7) is 15.3.